The van der Waals surface area contributed by atoms with Crippen molar-refractivity contribution >= 4 is 29.7 Å². The van der Waals surface area contributed by atoms with E-state index in [0.29, 0.717) is 25.1 Å². The number of nitrogens with two attached hydrogens (primary N) is 1. The van der Waals surface area contributed by atoms with Crippen LogP contribution in [-0.2, 0) is 30.4 Å². The Morgan fingerprint density at radius 3 is 2.65 bits per heavy atom. The standard InChI is InChI=1S/C18H26N6O7/c19-11(3-4-15(26)27)17(29)24-5-1-2-13(24)16(28)21-8-14(25)23-12(18(30)31)6-10-7-20-9-22-10/h7,9,11-13H,1-6,8,19H2,(H,20,22)(H,21,28)(H,23,25)(H,26,27)(H,30,31). The van der Waals surface area contributed by atoms with Crippen LogP contribution in [0, 0.1) is 0 Å². The normalized spacial score (nSPS) is 17.6. The first kappa shape index (κ1) is 23.8. The van der Waals surface area contributed by atoms with Gasteiger partial charge in [-0.1, -0.05) is 0 Å². The minimum Gasteiger partial charge on any atom is -0.481 e. The van der Waals surface area contributed by atoms with Gasteiger partial charge >= 0.3 is 11.9 Å². The van der Waals surface area contributed by atoms with Crippen LogP contribution in [0.2, 0.25) is 0 Å². The fraction of sp³-hybridized carbons (Fsp3) is 0.556. The Morgan fingerprint density at radius 1 is 1.29 bits per heavy atom. The Kier molecular flexibility index (Phi) is 8.49. The highest BCUT2D eigenvalue weighted by Gasteiger charge is 2.36. The molecule has 13 nitrogen and oxygen atoms in total. The van der Waals surface area contributed by atoms with Crippen molar-refractivity contribution in [1.29, 1.82) is 0 Å². The summed E-state index contributed by atoms with van der Waals surface area (Å²) < 4.78 is 0. The summed E-state index contributed by atoms with van der Waals surface area (Å²) in [6, 6.07) is -3.07. The zero-order chi connectivity index (χ0) is 23.0. The van der Waals surface area contributed by atoms with Crippen LogP contribution in [0.1, 0.15) is 31.4 Å². The molecule has 3 amide bonds. The second-order valence-corrected chi connectivity index (χ2v) is 7.19. The number of carboxylic acid groups (broad SMARTS) is 2. The van der Waals surface area contributed by atoms with Crippen molar-refractivity contribution < 1.29 is 34.2 Å². The lowest BCUT2D eigenvalue weighted by Gasteiger charge is -2.26. The van der Waals surface area contributed by atoms with Crippen LogP contribution in [-0.4, -0.2) is 86.0 Å². The maximum Gasteiger partial charge on any atom is 0.326 e. The van der Waals surface area contributed by atoms with E-state index in [2.05, 4.69) is 20.6 Å². The molecular formula is C18H26N6O7. The Balaban J connectivity index is 1.85. The van der Waals surface area contributed by atoms with Gasteiger partial charge in [0.05, 0.1) is 18.9 Å². The van der Waals surface area contributed by atoms with Crippen molar-refractivity contribution in [2.45, 2.75) is 50.2 Å². The predicted molar refractivity (Wildman–Crippen MR) is 104 cm³/mol. The summed E-state index contributed by atoms with van der Waals surface area (Å²) in [4.78, 5) is 66.9. The van der Waals surface area contributed by atoms with Crippen LogP contribution in [0.3, 0.4) is 0 Å². The SMILES string of the molecule is NC(CCC(=O)O)C(=O)N1CCCC1C(=O)NCC(=O)NC(Cc1cnc[nH]1)C(=O)O. The summed E-state index contributed by atoms with van der Waals surface area (Å²) in [6.45, 7) is -0.162. The summed E-state index contributed by atoms with van der Waals surface area (Å²) in [6.07, 6.45) is 3.45. The number of H-pyrrole nitrogens is 1. The summed E-state index contributed by atoms with van der Waals surface area (Å²) >= 11 is 0. The van der Waals surface area contributed by atoms with E-state index in [0.717, 1.165) is 0 Å². The van der Waals surface area contributed by atoms with Gasteiger partial charge in [0.25, 0.3) is 0 Å². The molecule has 1 aromatic rings. The van der Waals surface area contributed by atoms with Crippen LogP contribution >= 0.6 is 0 Å². The molecule has 1 aromatic heterocycles. The summed E-state index contributed by atoms with van der Waals surface area (Å²) in [5.74, 6) is -4.09. The zero-order valence-corrected chi connectivity index (χ0v) is 16.7. The lowest BCUT2D eigenvalue weighted by atomic mass is 10.1. The van der Waals surface area contributed by atoms with Gasteiger partial charge in [0.2, 0.25) is 17.7 Å². The van der Waals surface area contributed by atoms with Gasteiger partial charge in [0.1, 0.15) is 12.1 Å². The zero-order valence-electron chi connectivity index (χ0n) is 16.7. The Bertz CT molecular complexity index is 812. The lowest BCUT2D eigenvalue weighted by Crippen LogP contribution is -2.53. The van der Waals surface area contributed by atoms with Gasteiger partial charge in [0.15, 0.2) is 0 Å². The molecule has 1 aliphatic heterocycles. The number of carbonyl (C=O) groups is 5. The number of aromatic nitrogens is 2. The molecule has 0 aromatic carbocycles. The molecule has 2 rings (SSSR count). The molecule has 0 spiro atoms. The Labute approximate surface area is 177 Å². The monoisotopic (exact) mass is 438 g/mol. The third kappa shape index (κ3) is 7.06. The van der Waals surface area contributed by atoms with E-state index in [9.17, 15) is 29.1 Å². The van der Waals surface area contributed by atoms with Gasteiger partial charge in [-0.15, -0.1) is 0 Å². The van der Waals surface area contributed by atoms with E-state index in [1.165, 1.54) is 17.4 Å². The number of aliphatic carboxylic acids is 2. The van der Waals surface area contributed by atoms with E-state index < -0.39 is 54.3 Å². The number of rotatable bonds is 11. The number of aromatic amines is 1. The molecule has 2 heterocycles. The summed E-state index contributed by atoms with van der Waals surface area (Å²) in [5, 5.41) is 22.7. The molecule has 1 saturated heterocycles. The molecule has 0 radical (unpaired) electrons. The number of carbonyl (C=O) groups excluding carboxylic acids is 3. The third-order valence-corrected chi connectivity index (χ3v) is 4.86. The van der Waals surface area contributed by atoms with Crippen molar-refractivity contribution in [2.24, 2.45) is 5.73 Å². The maximum atomic E-state index is 12.5. The van der Waals surface area contributed by atoms with Gasteiger partial charge in [-0.3, -0.25) is 19.2 Å². The lowest BCUT2D eigenvalue weighted by molar-refractivity contribution is -0.142. The molecule has 3 atom stereocenters. The van der Waals surface area contributed by atoms with Crippen LogP contribution in [0.15, 0.2) is 12.5 Å². The Morgan fingerprint density at radius 2 is 2.03 bits per heavy atom. The highest BCUT2D eigenvalue weighted by molar-refractivity contribution is 5.93. The van der Waals surface area contributed by atoms with Gasteiger partial charge in [-0.05, 0) is 19.3 Å². The van der Waals surface area contributed by atoms with E-state index in [-0.39, 0.29) is 19.3 Å². The number of hydrogen-bond acceptors (Lipinski definition) is 7. The predicted octanol–water partition coefficient (Wildman–Crippen LogP) is -2.18. The number of nitrogens with one attached hydrogen (secondary N) is 3. The van der Waals surface area contributed by atoms with E-state index in [4.69, 9.17) is 10.8 Å². The minimum absolute atomic E-state index is 0.00580. The fourth-order valence-electron chi connectivity index (χ4n) is 3.27. The van der Waals surface area contributed by atoms with Gasteiger partial charge in [-0.2, -0.15) is 0 Å². The number of likely N-dealkylation sites (tertiary alicyclic amines) is 1. The van der Waals surface area contributed by atoms with Crippen LogP contribution in [0.4, 0.5) is 0 Å². The van der Waals surface area contributed by atoms with Gasteiger partial charge in [-0.25, -0.2) is 9.78 Å². The third-order valence-electron chi connectivity index (χ3n) is 4.86. The quantitative estimate of drug-likeness (QED) is 0.222. The topological polar surface area (TPSA) is 208 Å². The molecule has 1 fully saturated rings. The van der Waals surface area contributed by atoms with Crippen molar-refractivity contribution in [3.63, 3.8) is 0 Å². The highest BCUT2D eigenvalue weighted by Crippen LogP contribution is 2.19. The molecule has 13 heteroatoms. The molecule has 0 aliphatic carbocycles. The number of amides is 3. The maximum absolute atomic E-state index is 12.5. The average molecular weight is 438 g/mol. The first-order valence-electron chi connectivity index (χ1n) is 9.74. The van der Waals surface area contributed by atoms with Crippen molar-refractivity contribution in [3.05, 3.63) is 18.2 Å². The molecule has 0 bridgehead atoms. The van der Waals surface area contributed by atoms with Crippen LogP contribution in [0.25, 0.3) is 0 Å². The highest BCUT2D eigenvalue weighted by atomic mass is 16.4. The molecule has 3 unspecified atom stereocenters. The minimum atomic E-state index is -1.24. The second-order valence-electron chi connectivity index (χ2n) is 7.19. The molecular weight excluding hydrogens is 412 g/mol. The summed E-state index contributed by atoms with van der Waals surface area (Å²) in [5.41, 5.74) is 6.28. The van der Waals surface area contributed by atoms with Gasteiger partial charge in [0, 0.05) is 31.3 Å². The number of imidazole rings is 1. The largest absolute Gasteiger partial charge is 0.481 e. The first-order valence-corrected chi connectivity index (χ1v) is 9.74. The molecule has 31 heavy (non-hydrogen) atoms. The number of hydrogen-bond donors (Lipinski definition) is 6. The van der Waals surface area contributed by atoms with E-state index >= 15 is 0 Å². The molecule has 1 aliphatic rings. The van der Waals surface area contributed by atoms with E-state index in [1.54, 1.807) is 0 Å². The second kappa shape index (κ2) is 11.1. The van der Waals surface area contributed by atoms with Crippen LogP contribution in [0.5, 0.6) is 0 Å². The van der Waals surface area contributed by atoms with E-state index in [1.807, 2.05) is 0 Å². The molecule has 7 N–H and O–H groups in total. The fourth-order valence-corrected chi connectivity index (χ4v) is 3.27. The van der Waals surface area contributed by atoms with Gasteiger partial charge < -0.3 is 36.5 Å². The summed E-state index contributed by atoms with van der Waals surface area (Å²) in [7, 11) is 0. The molecule has 0 saturated carbocycles. The first-order chi connectivity index (χ1) is 14.7. The number of nitrogens with zero attached hydrogens (tertiary/aromatic N) is 2. The average Bonchev–Trinajstić information content (AvgIpc) is 3.40. The number of carboxylic acids is 2. The smallest absolute Gasteiger partial charge is 0.326 e. The van der Waals surface area contributed by atoms with Crippen molar-refractivity contribution in [2.75, 3.05) is 13.1 Å². The van der Waals surface area contributed by atoms with Crippen molar-refractivity contribution in [3.8, 4) is 0 Å². The van der Waals surface area contributed by atoms with Crippen LogP contribution < -0.4 is 16.4 Å². The molecule has 170 valence electrons. The van der Waals surface area contributed by atoms with Crippen molar-refractivity contribution in [1.82, 2.24) is 25.5 Å². The Hall–Kier alpha value is -3.48.